The highest BCUT2D eigenvalue weighted by molar-refractivity contribution is 6.00. The van der Waals surface area contributed by atoms with E-state index in [9.17, 15) is 4.79 Å². The van der Waals surface area contributed by atoms with Gasteiger partial charge in [-0.3, -0.25) is 14.9 Å². The smallest absolute Gasteiger partial charge is 0.273 e. The predicted molar refractivity (Wildman–Crippen MR) is 131 cm³/mol. The van der Waals surface area contributed by atoms with Gasteiger partial charge in [-0.15, -0.1) is 0 Å². The van der Waals surface area contributed by atoms with Gasteiger partial charge in [0.05, 0.1) is 18.3 Å². The second-order valence-electron chi connectivity index (χ2n) is 8.55. The summed E-state index contributed by atoms with van der Waals surface area (Å²) in [4.78, 5) is 19.6. The topological polar surface area (TPSA) is 71.1 Å². The Labute approximate surface area is 199 Å². The summed E-state index contributed by atoms with van der Waals surface area (Å²) in [7, 11) is 0. The van der Waals surface area contributed by atoms with Crippen LogP contribution in [0.2, 0.25) is 0 Å². The van der Waals surface area contributed by atoms with E-state index in [0.717, 1.165) is 46.5 Å². The Morgan fingerprint density at radius 3 is 2.56 bits per heavy atom. The number of aromatic nitrogens is 3. The summed E-state index contributed by atoms with van der Waals surface area (Å²) in [5.41, 5.74) is 5.26. The standard InChI is InChI=1S/C28H28N4O2/c1-2-3-7-17-34-23-14-12-22(13-15-23)27-24-25(21-10-5-4-6-11-21)30-31-26(24)28(33)32(27)19-20-9-8-16-29-18-20/h4-6,8-16,18,27H,2-3,7,17,19H2,1H3,(H,30,31). The monoisotopic (exact) mass is 452 g/mol. The lowest BCUT2D eigenvalue weighted by atomic mass is 9.96. The molecule has 1 atom stereocenters. The molecule has 4 aromatic rings. The Hall–Kier alpha value is -3.93. The van der Waals surface area contributed by atoms with Crippen molar-refractivity contribution in [3.05, 3.63) is 102 Å². The number of H-pyrrole nitrogens is 1. The summed E-state index contributed by atoms with van der Waals surface area (Å²) >= 11 is 0. The van der Waals surface area contributed by atoms with Crippen molar-refractivity contribution >= 4 is 5.91 Å². The molecule has 172 valence electrons. The number of carbonyl (C=O) groups excluding carboxylic acids is 1. The van der Waals surface area contributed by atoms with E-state index < -0.39 is 0 Å². The minimum Gasteiger partial charge on any atom is -0.494 e. The Morgan fingerprint density at radius 1 is 1.00 bits per heavy atom. The predicted octanol–water partition coefficient (Wildman–Crippen LogP) is 5.79. The second-order valence-corrected chi connectivity index (χ2v) is 8.55. The van der Waals surface area contributed by atoms with E-state index >= 15 is 0 Å². The third-order valence-corrected chi connectivity index (χ3v) is 6.20. The van der Waals surface area contributed by atoms with Crippen LogP contribution in [0.5, 0.6) is 5.75 Å². The molecule has 34 heavy (non-hydrogen) atoms. The highest BCUT2D eigenvalue weighted by Crippen LogP contribution is 2.43. The molecule has 0 saturated carbocycles. The number of benzene rings is 2. The van der Waals surface area contributed by atoms with E-state index in [0.29, 0.717) is 18.8 Å². The average Bonchev–Trinajstić information content (AvgIpc) is 3.43. The fraction of sp³-hybridized carbons (Fsp3) is 0.250. The van der Waals surface area contributed by atoms with Crippen LogP contribution in [0.3, 0.4) is 0 Å². The lowest BCUT2D eigenvalue weighted by molar-refractivity contribution is 0.0730. The number of amides is 1. The Balaban J connectivity index is 1.51. The molecule has 0 spiro atoms. The number of nitrogens with one attached hydrogen (secondary N) is 1. The van der Waals surface area contributed by atoms with Crippen LogP contribution in [0.4, 0.5) is 0 Å². The van der Waals surface area contributed by atoms with Crippen molar-refractivity contribution < 1.29 is 9.53 Å². The van der Waals surface area contributed by atoms with Crippen LogP contribution in [-0.2, 0) is 6.54 Å². The van der Waals surface area contributed by atoms with Gasteiger partial charge in [-0.1, -0.05) is 68.3 Å². The molecule has 0 aliphatic carbocycles. The number of rotatable bonds is 9. The number of hydrogen-bond donors (Lipinski definition) is 1. The van der Waals surface area contributed by atoms with Gasteiger partial charge in [0.1, 0.15) is 11.4 Å². The first-order valence-electron chi connectivity index (χ1n) is 11.8. The van der Waals surface area contributed by atoms with Gasteiger partial charge in [0.15, 0.2) is 0 Å². The molecule has 0 radical (unpaired) electrons. The van der Waals surface area contributed by atoms with Gasteiger partial charge in [0, 0.05) is 30.1 Å². The van der Waals surface area contributed by atoms with E-state index in [1.807, 2.05) is 59.5 Å². The van der Waals surface area contributed by atoms with Crippen molar-refractivity contribution in [2.45, 2.75) is 38.8 Å². The van der Waals surface area contributed by atoms with E-state index in [-0.39, 0.29) is 11.9 Å². The Bertz CT molecular complexity index is 1240. The van der Waals surface area contributed by atoms with Gasteiger partial charge in [0.25, 0.3) is 5.91 Å². The highest BCUT2D eigenvalue weighted by atomic mass is 16.5. The van der Waals surface area contributed by atoms with E-state index in [4.69, 9.17) is 4.74 Å². The van der Waals surface area contributed by atoms with Crippen LogP contribution < -0.4 is 4.74 Å². The summed E-state index contributed by atoms with van der Waals surface area (Å²) in [5.74, 6) is 0.789. The molecule has 1 aliphatic rings. The molecule has 1 aliphatic heterocycles. The maximum absolute atomic E-state index is 13.5. The number of carbonyl (C=O) groups is 1. The van der Waals surface area contributed by atoms with Crippen LogP contribution in [-0.4, -0.2) is 32.6 Å². The van der Waals surface area contributed by atoms with Crippen LogP contribution in [0, 0.1) is 0 Å². The van der Waals surface area contributed by atoms with Crippen molar-refractivity contribution in [2.75, 3.05) is 6.61 Å². The van der Waals surface area contributed by atoms with Crippen molar-refractivity contribution in [1.82, 2.24) is 20.1 Å². The van der Waals surface area contributed by atoms with Crippen molar-refractivity contribution in [2.24, 2.45) is 0 Å². The van der Waals surface area contributed by atoms with Gasteiger partial charge < -0.3 is 9.64 Å². The van der Waals surface area contributed by atoms with Crippen molar-refractivity contribution in [3.8, 4) is 17.0 Å². The zero-order chi connectivity index (χ0) is 23.3. The minimum absolute atomic E-state index is 0.0570. The van der Waals surface area contributed by atoms with Gasteiger partial charge in [-0.05, 0) is 35.7 Å². The zero-order valence-electron chi connectivity index (χ0n) is 19.3. The van der Waals surface area contributed by atoms with Crippen molar-refractivity contribution in [1.29, 1.82) is 0 Å². The second kappa shape index (κ2) is 9.91. The molecule has 5 rings (SSSR count). The molecular weight excluding hydrogens is 424 g/mol. The van der Waals surface area contributed by atoms with Crippen molar-refractivity contribution in [3.63, 3.8) is 0 Å². The summed E-state index contributed by atoms with van der Waals surface area (Å²) < 4.78 is 5.91. The largest absolute Gasteiger partial charge is 0.494 e. The maximum Gasteiger partial charge on any atom is 0.273 e. The molecule has 1 unspecified atom stereocenters. The van der Waals surface area contributed by atoms with Gasteiger partial charge in [0.2, 0.25) is 0 Å². The Morgan fingerprint density at radius 2 is 1.82 bits per heavy atom. The number of pyridine rings is 1. The van der Waals surface area contributed by atoms with Gasteiger partial charge in [-0.25, -0.2) is 0 Å². The van der Waals surface area contributed by atoms with E-state index in [1.54, 1.807) is 12.4 Å². The number of hydrogen-bond acceptors (Lipinski definition) is 4. The molecular formula is C28H28N4O2. The van der Waals surface area contributed by atoms with Crippen LogP contribution >= 0.6 is 0 Å². The summed E-state index contributed by atoms with van der Waals surface area (Å²) in [6.45, 7) is 3.36. The first kappa shape index (κ1) is 21.9. The average molecular weight is 453 g/mol. The number of fused-ring (bicyclic) bond motifs is 1. The number of unbranched alkanes of at least 4 members (excludes halogenated alkanes) is 2. The Kier molecular flexibility index (Phi) is 6.38. The lowest BCUT2D eigenvalue weighted by Gasteiger charge is -2.26. The molecule has 0 bridgehead atoms. The van der Waals surface area contributed by atoms with E-state index in [1.165, 1.54) is 6.42 Å². The molecule has 6 nitrogen and oxygen atoms in total. The fourth-order valence-corrected chi connectivity index (χ4v) is 4.50. The molecule has 1 N–H and O–H groups in total. The molecule has 0 saturated heterocycles. The third kappa shape index (κ3) is 4.31. The number of ether oxygens (including phenoxy) is 1. The zero-order valence-corrected chi connectivity index (χ0v) is 19.3. The fourth-order valence-electron chi connectivity index (χ4n) is 4.50. The maximum atomic E-state index is 13.5. The normalized spacial score (nSPS) is 14.9. The van der Waals surface area contributed by atoms with Crippen LogP contribution in [0.1, 0.15) is 59.4 Å². The summed E-state index contributed by atoms with van der Waals surface area (Å²) in [6, 6.07) is 21.7. The minimum atomic E-state index is -0.259. The quantitative estimate of drug-likeness (QED) is 0.327. The lowest BCUT2D eigenvalue weighted by Crippen LogP contribution is -2.29. The van der Waals surface area contributed by atoms with Crippen LogP contribution in [0.25, 0.3) is 11.3 Å². The highest BCUT2D eigenvalue weighted by Gasteiger charge is 2.42. The number of nitrogens with zero attached hydrogens (tertiary/aromatic N) is 3. The first-order chi connectivity index (χ1) is 16.8. The summed E-state index contributed by atoms with van der Waals surface area (Å²) in [5, 5.41) is 7.56. The molecule has 3 heterocycles. The molecule has 2 aromatic carbocycles. The molecule has 0 fully saturated rings. The number of aromatic amines is 1. The third-order valence-electron chi connectivity index (χ3n) is 6.20. The van der Waals surface area contributed by atoms with Crippen LogP contribution in [0.15, 0.2) is 79.1 Å². The van der Waals surface area contributed by atoms with Gasteiger partial charge >= 0.3 is 0 Å². The molecule has 6 heteroatoms. The SMILES string of the molecule is CCCCCOc1ccc(C2c3c(-c4ccccc4)n[nH]c3C(=O)N2Cc2cccnc2)cc1. The van der Waals surface area contributed by atoms with E-state index in [2.05, 4.69) is 34.2 Å². The summed E-state index contributed by atoms with van der Waals surface area (Å²) in [6.07, 6.45) is 6.93. The molecule has 1 amide bonds. The first-order valence-corrected chi connectivity index (χ1v) is 11.8. The molecule has 2 aromatic heterocycles. The van der Waals surface area contributed by atoms with Gasteiger partial charge in [-0.2, -0.15) is 5.10 Å².